The zero-order valence-corrected chi connectivity index (χ0v) is 10.6. The summed E-state index contributed by atoms with van der Waals surface area (Å²) in [5.41, 5.74) is 2.68. The van der Waals surface area contributed by atoms with Crippen molar-refractivity contribution in [1.82, 2.24) is 0 Å². The molecule has 2 aromatic carbocycles. The first-order valence-corrected chi connectivity index (χ1v) is 6.78. The molecule has 0 nitrogen and oxygen atoms in total. The highest BCUT2D eigenvalue weighted by molar-refractivity contribution is 7.98. The quantitative estimate of drug-likeness (QED) is 0.673. The second-order valence-corrected chi connectivity index (χ2v) is 4.99. The van der Waals surface area contributed by atoms with Crippen molar-refractivity contribution >= 4 is 11.8 Å². The van der Waals surface area contributed by atoms with Gasteiger partial charge in [-0.25, -0.2) is 0 Å². The SMILES string of the molecule is C=C[C@H](SCc1ccccc1)c1ccccc1. The predicted molar refractivity (Wildman–Crippen MR) is 77.1 cm³/mol. The highest BCUT2D eigenvalue weighted by Gasteiger charge is 2.07. The van der Waals surface area contributed by atoms with Crippen molar-refractivity contribution in [2.75, 3.05) is 0 Å². The molecule has 0 saturated carbocycles. The zero-order chi connectivity index (χ0) is 11.9. The van der Waals surface area contributed by atoms with E-state index in [0.717, 1.165) is 5.75 Å². The summed E-state index contributed by atoms with van der Waals surface area (Å²) in [4.78, 5) is 0. The Bertz CT molecular complexity index is 447. The van der Waals surface area contributed by atoms with Gasteiger partial charge in [-0.15, -0.1) is 18.3 Å². The van der Waals surface area contributed by atoms with Gasteiger partial charge in [-0.3, -0.25) is 0 Å². The van der Waals surface area contributed by atoms with Gasteiger partial charge in [0.15, 0.2) is 0 Å². The molecular formula is C16H16S. The average molecular weight is 240 g/mol. The lowest BCUT2D eigenvalue weighted by molar-refractivity contribution is 1.22. The maximum atomic E-state index is 3.93. The van der Waals surface area contributed by atoms with E-state index < -0.39 is 0 Å². The molecule has 0 radical (unpaired) electrons. The molecule has 86 valence electrons. The molecule has 0 heterocycles. The first-order chi connectivity index (χ1) is 8.40. The van der Waals surface area contributed by atoms with Gasteiger partial charge in [0.05, 0.1) is 0 Å². The van der Waals surface area contributed by atoms with Gasteiger partial charge in [-0.2, -0.15) is 0 Å². The van der Waals surface area contributed by atoms with E-state index in [4.69, 9.17) is 0 Å². The summed E-state index contributed by atoms with van der Waals surface area (Å²) in [7, 11) is 0. The van der Waals surface area contributed by atoms with Crippen molar-refractivity contribution in [3.8, 4) is 0 Å². The van der Waals surface area contributed by atoms with Gasteiger partial charge < -0.3 is 0 Å². The fourth-order valence-electron chi connectivity index (χ4n) is 1.70. The van der Waals surface area contributed by atoms with Crippen LogP contribution in [-0.4, -0.2) is 0 Å². The Morgan fingerprint density at radius 3 is 2.12 bits per heavy atom. The van der Waals surface area contributed by atoms with Gasteiger partial charge in [0, 0.05) is 11.0 Å². The molecule has 1 atom stereocenters. The number of thioether (sulfide) groups is 1. The van der Waals surface area contributed by atoms with E-state index >= 15 is 0 Å². The summed E-state index contributed by atoms with van der Waals surface area (Å²) in [6.45, 7) is 3.93. The van der Waals surface area contributed by atoms with Crippen LogP contribution < -0.4 is 0 Å². The van der Waals surface area contributed by atoms with E-state index in [0.29, 0.717) is 5.25 Å². The molecule has 0 aliphatic heterocycles. The maximum absolute atomic E-state index is 3.93. The van der Waals surface area contributed by atoms with Crippen molar-refractivity contribution in [3.05, 3.63) is 84.4 Å². The Labute approximate surface area is 107 Å². The molecular weight excluding hydrogens is 224 g/mol. The van der Waals surface area contributed by atoms with E-state index in [1.165, 1.54) is 11.1 Å². The second kappa shape index (κ2) is 6.31. The van der Waals surface area contributed by atoms with Crippen LogP contribution in [0.2, 0.25) is 0 Å². The summed E-state index contributed by atoms with van der Waals surface area (Å²) in [6.07, 6.45) is 2.02. The smallest absolute Gasteiger partial charge is 0.0477 e. The molecule has 0 fully saturated rings. The van der Waals surface area contributed by atoms with E-state index in [-0.39, 0.29) is 0 Å². The van der Waals surface area contributed by atoms with E-state index in [1.807, 2.05) is 23.9 Å². The molecule has 0 saturated heterocycles. The molecule has 0 unspecified atom stereocenters. The Balaban J connectivity index is 2.00. The monoisotopic (exact) mass is 240 g/mol. The molecule has 2 aromatic rings. The Hall–Kier alpha value is -1.47. The minimum absolute atomic E-state index is 0.372. The first kappa shape index (κ1) is 12.0. The number of hydrogen-bond acceptors (Lipinski definition) is 1. The molecule has 0 bridgehead atoms. The van der Waals surface area contributed by atoms with Crippen LogP contribution in [0.3, 0.4) is 0 Å². The molecule has 0 N–H and O–H groups in total. The van der Waals surface area contributed by atoms with Crippen LogP contribution in [-0.2, 0) is 5.75 Å². The van der Waals surface area contributed by atoms with Crippen molar-refractivity contribution in [2.45, 2.75) is 11.0 Å². The molecule has 0 aliphatic carbocycles. The molecule has 17 heavy (non-hydrogen) atoms. The molecule has 0 spiro atoms. The van der Waals surface area contributed by atoms with Gasteiger partial charge in [-0.1, -0.05) is 66.7 Å². The van der Waals surface area contributed by atoms with Gasteiger partial charge in [0.25, 0.3) is 0 Å². The third-order valence-corrected chi connectivity index (χ3v) is 3.94. The maximum Gasteiger partial charge on any atom is 0.0477 e. The van der Waals surface area contributed by atoms with Gasteiger partial charge >= 0.3 is 0 Å². The second-order valence-electron chi connectivity index (χ2n) is 3.86. The van der Waals surface area contributed by atoms with Crippen molar-refractivity contribution in [3.63, 3.8) is 0 Å². The summed E-state index contributed by atoms with van der Waals surface area (Å²) >= 11 is 1.91. The largest absolute Gasteiger partial charge is 0.145 e. The first-order valence-electron chi connectivity index (χ1n) is 5.73. The van der Waals surface area contributed by atoms with Crippen molar-refractivity contribution in [2.24, 2.45) is 0 Å². The van der Waals surface area contributed by atoms with Crippen LogP contribution in [0.25, 0.3) is 0 Å². The van der Waals surface area contributed by atoms with Crippen molar-refractivity contribution in [1.29, 1.82) is 0 Å². The van der Waals surface area contributed by atoms with Crippen molar-refractivity contribution < 1.29 is 0 Å². The fourth-order valence-corrected chi connectivity index (χ4v) is 2.75. The van der Waals surface area contributed by atoms with Gasteiger partial charge in [0.1, 0.15) is 0 Å². The summed E-state index contributed by atoms with van der Waals surface area (Å²) in [6, 6.07) is 21.1. The average Bonchev–Trinajstić information content (AvgIpc) is 2.42. The van der Waals surface area contributed by atoms with Crippen LogP contribution >= 0.6 is 11.8 Å². The van der Waals surface area contributed by atoms with Crippen LogP contribution in [0.4, 0.5) is 0 Å². The summed E-state index contributed by atoms with van der Waals surface area (Å²) in [5, 5.41) is 0.372. The zero-order valence-electron chi connectivity index (χ0n) is 9.75. The standard InChI is InChI=1S/C16H16S/c1-2-16(15-11-7-4-8-12-15)17-13-14-9-5-3-6-10-14/h2-12,16H,1,13H2/t16-/m0/s1. The lowest BCUT2D eigenvalue weighted by Gasteiger charge is -2.12. The van der Waals surface area contributed by atoms with Crippen LogP contribution in [0.5, 0.6) is 0 Å². The predicted octanol–water partition coefficient (Wildman–Crippen LogP) is 4.85. The number of rotatable bonds is 5. The summed E-state index contributed by atoms with van der Waals surface area (Å²) < 4.78 is 0. The highest BCUT2D eigenvalue weighted by atomic mass is 32.2. The molecule has 2 rings (SSSR count). The Morgan fingerprint density at radius 2 is 1.53 bits per heavy atom. The Morgan fingerprint density at radius 1 is 0.941 bits per heavy atom. The lowest BCUT2D eigenvalue weighted by Crippen LogP contribution is -1.90. The lowest BCUT2D eigenvalue weighted by atomic mass is 10.1. The van der Waals surface area contributed by atoms with E-state index in [1.54, 1.807) is 0 Å². The fraction of sp³-hybridized carbons (Fsp3) is 0.125. The van der Waals surface area contributed by atoms with Gasteiger partial charge in [-0.05, 0) is 11.1 Å². The normalized spacial score (nSPS) is 12.0. The third kappa shape index (κ3) is 3.50. The molecule has 0 aliphatic rings. The van der Waals surface area contributed by atoms with E-state index in [2.05, 4.69) is 61.2 Å². The number of benzene rings is 2. The molecule has 0 amide bonds. The summed E-state index contributed by atoms with van der Waals surface area (Å²) in [5.74, 6) is 1.02. The van der Waals surface area contributed by atoms with Crippen LogP contribution in [0, 0.1) is 0 Å². The minimum Gasteiger partial charge on any atom is -0.145 e. The topological polar surface area (TPSA) is 0 Å². The van der Waals surface area contributed by atoms with Gasteiger partial charge in [0.2, 0.25) is 0 Å². The minimum atomic E-state index is 0.372. The Kier molecular flexibility index (Phi) is 4.45. The van der Waals surface area contributed by atoms with Crippen LogP contribution in [0.1, 0.15) is 16.4 Å². The molecule has 1 heteroatoms. The van der Waals surface area contributed by atoms with E-state index in [9.17, 15) is 0 Å². The van der Waals surface area contributed by atoms with Crippen LogP contribution in [0.15, 0.2) is 73.3 Å². The number of hydrogen-bond donors (Lipinski definition) is 0. The molecule has 0 aromatic heterocycles. The highest BCUT2D eigenvalue weighted by Crippen LogP contribution is 2.32. The third-order valence-electron chi connectivity index (χ3n) is 2.61.